The fourth-order valence-corrected chi connectivity index (χ4v) is 3.94. The molecule has 0 aliphatic carbocycles. The lowest BCUT2D eigenvalue weighted by atomic mass is 9.95. The molecule has 4 aromatic rings. The van der Waals surface area contributed by atoms with Gasteiger partial charge in [-0.15, -0.1) is 12.4 Å². The van der Waals surface area contributed by atoms with Crippen molar-refractivity contribution in [1.29, 1.82) is 0 Å². The molecule has 0 spiro atoms. The number of rotatable bonds is 4. The van der Waals surface area contributed by atoms with Crippen molar-refractivity contribution in [3.05, 3.63) is 86.5 Å². The van der Waals surface area contributed by atoms with Crippen molar-refractivity contribution in [1.82, 2.24) is 9.55 Å². The Balaban J connectivity index is 0.00000256. The third-order valence-corrected chi connectivity index (χ3v) is 5.45. The first-order chi connectivity index (χ1) is 13.9. The second-order valence-corrected chi connectivity index (χ2v) is 7.73. The van der Waals surface area contributed by atoms with Gasteiger partial charge in [0.15, 0.2) is 5.58 Å². The Morgan fingerprint density at radius 1 is 1.00 bits per heavy atom. The second kappa shape index (κ2) is 8.46. The minimum atomic E-state index is -0.344. The van der Waals surface area contributed by atoms with E-state index in [-0.39, 0.29) is 18.2 Å². The lowest BCUT2D eigenvalue weighted by molar-refractivity contribution is 0.517. The number of benzene rings is 2. The van der Waals surface area contributed by atoms with Gasteiger partial charge in [-0.2, -0.15) is 0 Å². The lowest BCUT2D eigenvalue weighted by Crippen LogP contribution is -2.15. The Morgan fingerprint density at radius 3 is 2.37 bits per heavy atom. The third kappa shape index (κ3) is 3.91. The Hall–Kier alpha value is -2.89. The van der Waals surface area contributed by atoms with E-state index in [2.05, 4.69) is 37.0 Å². The number of fused-ring (bicyclic) bond motifs is 1. The predicted octanol–water partition coefficient (Wildman–Crippen LogP) is 4.82. The van der Waals surface area contributed by atoms with Crippen LogP contribution in [0.15, 0.2) is 51.8 Å². The molecular weight excluding hydrogens is 398 g/mol. The molecule has 2 heterocycles. The van der Waals surface area contributed by atoms with Gasteiger partial charge in [0.2, 0.25) is 0 Å². The summed E-state index contributed by atoms with van der Waals surface area (Å²) in [4.78, 5) is 17.1. The van der Waals surface area contributed by atoms with E-state index in [0.717, 1.165) is 50.2 Å². The second-order valence-electron chi connectivity index (χ2n) is 7.73. The quantitative estimate of drug-likeness (QED) is 0.510. The first kappa shape index (κ1) is 21.8. The average Bonchev–Trinajstić information content (AvgIpc) is 2.97. The van der Waals surface area contributed by atoms with Gasteiger partial charge in [0.1, 0.15) is 0 Å². The SMILES string of the molecule is Cc1ccc2c(c1)oc(=O)n2Cc1cc(-c2c(C)cc(CN)cc2C)ncc1C.Cl. The fraction of sp³-hybridized carbons (Fsp3) is 0.250. The van der Waals surface area contributed by atoms with Crippen LogP contribution in [0.1, 0.15) is 33.4 Å². The molecule has 0 aliphatic heterocycles. The molecule has 0 saturated carbocycles. The van der Waals surface area contributed by atoms with Gasteiger partial charge < -0.3 is 10.2 Å². The topological polar surface area (TPSA) is 74.0 Å². The molecule has 156 valence electrons. The molecule has 5 nitrogen and oxygen atoms in total. The molecule has 0 fully saturated rings. The number of hydrogen-bond acceptors (Lipinski definition) is 4. The third-order valence-electron chi connectivity index (χ3n) is 5.45. The van der Waals surface area contributed by atoms with Crippen LogP contribution in [0.2, 0.25) is 0 Å². The maximum atomic E-state index is 12.5. The molecule has 0 saturated heterocycles. The number of aromatic nitrogens is 2. The highest BCUT2D eigenvalue weighted by atomic mass is 35.5. The standard InChI is InChI=1S/C24H25N3O2.ClH/c1-14-5-6-21-22(7-14)29-24(28)27(21)13-19-10-20(26-12-17(19)4)23-15(2)8-18(11-25)9-16(23)3;/h5-10,12H,11,13,25H2,1-4H3;1H. The summed E-state index contributed by atoms with van der Waals surface area (Å²) in [6.07, 6.45) is 1.87. The number of nitrogens with zero attached hydrogens (tertiary/aromatic N) is 2. The predicted molar refractivity (Wildman–Crippen MR) is 123 cm³/mol. The highest BCUT2D eigenvalue weighted by Crippen LogP contribution is 2.29. The molecule has 0 amide bonds. The van der Waals surface area contributed by atoms with Crippen molar-refractivity contribution in [2.75, 3.05) is 0 Å². The van der Waals surface area contributed by atoms with E-state index in [0.29, 0.717) is 18.7 Å². The minimum Gasteiger partial charge on any atom is -0.408 e. The summed E-state index contributed by atoms with van der Waals surface area (Å²) in [5.74, 6) is -0.344. The summed E-state index contributed by atoms with van der Waals surface area (Å²) in [5.41, 5.74) is 15.8. The number of hydrogen-bond donors (Lipinski definition) is 1. The zero-order valence-corrected chi connectivity index (χ0v) is 18.5. The molecule has 4 rings (SSSR count). The van der Waals surface area contributed by atoms with Crippen molar-refractivity contribution < 1.29 is 4.42 Å². The summed E-state index contributed by atoms with van der Waals surface area (Å²) in [7, 11) is 0. The van der Waals surface area contributed by atoms with Crippen LogP contribution in [0.25, 0.3) is 22.4 Å². The van der Waals surface area contributed by atoms with Gasteiger partial charge in [-0.3, -0.25) is 9.55 Å². The highest BCUT2D eigenvalue weighted by molar-refractivity contribution is 5.85. The van der Waals surface area contributed by atoms with Gasteiger partial charge in [-0.05, 0) is 79.3 Å². The van der Waals surface area contributed by atoms with Crippen LogP contribution in [-0.2, 0) is 13.1 Å². The zero-order valence-electron chi connectivity index (χ0n) is 17.7. The van der Waals surface area contributed by atoms with Gasteiger partial charge in [0, 0.05) is 18.3 Å². The van der Waals surface area contributed by atoms with E-state index in [9.17, 15) is 4.79 Å². The van der Waals surface area contributed by atoms with Crippen LogP contribution in [0.5, 0.6) is 0 Å². The maximum absolute atomic E-state index is 12.5. The summed E-state index contributed by atoms with van der Waals surface area (Å²) in [6, 6.07) is 12.1. The molecular formula is C24H26ClN3O2. The summed E-state index contributed by atoms with van der Waals surface area (Å²) in [6.45, 7) is 9.12. The zero-order chi connectivity index (χ0) is 20.7. The fourth-order valence-electron chi connectivity index (χ4n) is 3.94. The molecule has 2 aromatic carbocycles. The van der Waals surface area contributed by atoms with Gasteiger partial charge in [-0.1, -0.05) is 18.2 Å². The normalized spacial score (nSPS) is 11.0. The maximum Gasteiger partial charge on any atom is 0.420 e. The van der Waals surface area contributed by atoms with Crippen LogP contribution < -0.4 is 11.5 Å². The minimum absolute atomic E-state index is 0. The van der Waals surface area contributed by atoms with E-state index in [4.69, 9.17) is 10.2 Å². The molecule has 0 bridgehead atoms. The largest absolute Gasteiger partial charge is 0.420 e. The summed E-state index contributed by atoms with van der Waals surface area (Å²) in [5, 5.41) is 0. The molecule has 0 radical (unpaired) electrons. The Morgan fingerprint density at radius 2 is 1.70 bits per heavy atom. The van der Waals surface area contributed by atoms with Crippen LogP contribution in [0.3, 0.4) is 0 Å². The van der Waals surface area contributed by atoms with Crippen LogP contribution in [0, 0.1) is 27.7 Å². The van der Waals surface area contributed by atoms with E-state index >= 15 is 0 Å². The molecule has 0 unspecified atom stereocenters. The van der Waals surface area contributed by atoms with E-state index < -0.39 is 0 Å². The smallest absolute Gasteiger partial charge is 0.408 e. The van der Waals surface area contributed by atoms with E-state index in [1.165, 1.54) is 0 Å². The number of nitrogens with two attached hydrogens (primary N) is 1. The van der Waals surface area contributed by atoms with Gasteiger partial charge in [0.25, 0.3) is 0 Å². The van der Waals surface area contributed by atoms with Crippen LogP contribution in [0.4, 0.5) is 0 Å². The molecule has 2 aromatic heterocycles. The number of aryl methyl sites for hydroxylation is 4. The van der Waals surface area contributed by atoms with Crippen molar-refractivity contribution in [3.63, 3.8) is 0 Å². The molecule has 0 aliphatic rings. The van der Waals surface area contributed by atoms with Gasteiger partial charge >= 0.3 is 5.76 Å². The highest BCUT2D eigenvalue weighted by Gasteiger charge is 2.14. The lowest BCUT2D eigenvalue weighted by Gasteiger charge is -2.14. The number of oxazole rings is 1. The number of pyridine rings is 1. The summed E-state index contributed by atoms with van der Waals surface area (Å²) < 4.78 is 7.13. The van der Waals surface area contributed by atoms with Crippen molar-refractivity contribution in [2.45, 2.75) is 40.8 Å². The Bertz CT molecular complexity index is 1260. The van der Waals surface area contributed by atoms with Crippen LogP contribution in [-0.4, -0.2) is 9.55 Å². The van der Waals surface area contributed by atoms with Gasteiger partial charge in [-0.25, -0.2) is 4.79 Å². The van der Waals surface area contributed by atoms with Gasteiger partial charge in [0.05, 0.1) is 17.8 Å². The Kier molecular flexibility index (Phi) is 6.15. The first-order valence-corrected chi connectivity index (χ1v) is 9.73. The van der Waals surface area contributed by atoms with Crippen molar-refractivity contribution in [2.24, 2.45) is 5.73 Å². The summed E-state index contributed by atoms with van der Waals surface area (Å²) >= 11 is 0. The first-order valence-electron chi connectivity index (χ1n) is 9.73. The van der Waals surface area contributed by atoms with Crippen molar-refractivity contribution >= 4 is 23.5 Å². The van der Waals surface area contributed by atoms with Crippen molar-refractivity contribution in [3.8, 4) is 11.3 Å². The molecule has 30 heavy (non-hydrogen) atoms. The molecule has 2 N–H and O–H groups in total. The Labute approximate surface area is 182 Å². The van der Waals surface area contributed by atoms with E-state index in [1.54, 1.807) is 4.57 Å². The monoisotopic (exact) mass is 423 g/mol. The molecule has 6 heteroatoms. The van der Waals surface area contributed by atoms with E-state index in [1.807, 2.05) is 38.2 Å². The van der Waals surface area contributed by atoms with Crippen LogP contribution >= 0.6 is 12.4 Å². The number of halogens is 1. The average molecular weight is 424 g/mol. The molecule has 0 atom stereocenters.